The average molecular weight is 512 g/mol. The van der Waals surface area contributed by atoms with Gasteiger partial charge in [0, 0.05) is 27.3 Å². The summed E-state index contributed by atoms with van der Waals surface area (Å²) in [5, 5.41) is -6.68. The Labute approximate surface area is 187 Å². The molecule has 0 aliphatic heterocycles. The minimum absolute atomic E-state index is 0.0987. The summed E-state index contributed by atoms with van der Waals surface area (Å²) in [6, 6.07) is -0.0987. The largest absolute Gasteiger partial charge is 0.205 e. The quantitative estimate of drug-likeness (QED) is 0.109. The maximum atomic E-state index is 15.5. The fraction of sp³-hybridized carbons (Fsp3) is 0.130. The van der Waals surface area contributed by atoms with Gasteiger partial charge in [-0.25, -0.2) is 52.7 Å². The van der Waals surface area contributed by atoms with Crippen LogP contribution in [0, 0.1) is 69.8 Å². The van der Waals surface area contributed by atoms with E-state index in [4.69, 9.17) is 0 Å². The molecule has 0 fully saturated rings. The first-order valence-electron chi connectivity index (χ1n) is 9.54. The third kappa shape index (κ3) is 3.18. The summed E-state index contributed by atoms with van der Waals surface area (Å²) >= 11 is 0. The van der Waals surface area contributed by atoms with Crippen LogP contribution in [0.25, 0.3) is 32.7 Å². The van der Waals surface area contributed by atoms with Gasteiger partial charge in [-0.15, -0.1) is 0 Å². The van der Waals surface area contributed by atoms with Crippen molar-refractivity contribution >= 4 is 21.5 Å². The first kappa shape index (κ1) is 24.7. The van der Waals surface area contributed by atoms with Gasteiger partial charge in [-0.2, -0.15) is 0 Å². The SMILES string of the molecule is CC(C)c1c(F)c(F)c(-c2c(F)c3c(F)c(F)c(F)cc3c3c(F)c(F)c(F)c(F)c23)c(F)c1F. The van der Waals surface area contributed by atoms with Gasteiger partial charge in [0.15, 0.2) is 64.0 Å². The number of fused-ring (bicyclic) bond motifs is 3. The van der Waals surface area contributed by atoms with Crippen LogP contribution in [0.4, 0.5) is 52.7 Å². The molecule has 4 rings (SSSR count). The van der Waals surface area contributed by atoms with Crippen molar-refractivity contribution in [3.63, 3.8) is 0 Å². The molecule has 0 saturated carbocycles. The van der Waals surface area contributed by atoms with E-state index in [2.05, 4.69) is 0 Å². The molecule has 0 N–H and O–H groups in total. The van der Waals surface area contributed by atoms with E-state index in [9.17, 15) is 48.3 Å². The highest BCUT2D eigenvalue weighted by molar-refractivity contribution is 6.15. The Bertz CT molecular complexity index is 1560. The summed E-state index contributed by atoms with van der Waals surface area (Å²) in [6.07, 6.45) is 0. The highest BCUT2D eigenvalue weighted by atomic mass is 19.2. The van der Waals surface area contributed by atoms with Gasteiger partial charge < -0.3 is 0 Å². The summed E-state index contributed by atoms with van der Waals surface area (Å²) < 4.78 is 174. The van der Waals surface area contributed by atoms with Gasteiger partial charge in [0.1, 0.15) is 5.82 Å². The first-order chi connectivity index (χ1) is 16.2. The summed E-state index contributed by atoms with van der Waals surface area (Å²) in [4.78, 5) is 0. The van der Waals surface area contributed by atoms with Crippen molar-refractivity contribution in [2.24, 2.45) is 0 Å². The van der Waals surface area contributed by atoms with Crippen LogP contribution >= 0.6 is 0 Å². The molecule has 0 aliphatic carbocycles. The summed E-state index contributed by atoms with van der Waals surface area (Å²) in [7, 11) is 0. The molecule has 0 saturated heterocycles. The zero-order valence-corrected chi connectivity index (χ0v) is 17.2. The first-order valence-corrected chi connectivity index (χ1v) is 9.54. The zero-order chi connectivity index (χ0) is 26.3. The lowest BCUT2D eigenvalue weighted by Crippen LogP contribution is -2.10. The van der Waals surface area contributed by atoms with E-state index in [1.165, 1.54) is 0 Å². The third-order valence-corrected chi connectivity index (χ3v) is 5.51. The molecule has 4 aromatic carbocycles. The van der Waals surface area contributed by atoms with E-state index >= 15 is 4.39 Å². The molecule has 184 valence electrons. The van der Waals surface area contributed by atoms with Crippen molar-refractivity contribution in [2.45, 2.75) is 19.8 Å². The molecule has 0 aliphatic rings. The van der Waals surface area contributed by atoms with Crippen molar-refractivity contribution < 1.29 is 52.7 Å². The zero-order valence-electron chi connectivity index (χ0n) is 17.2. The lowest BCUT2D eigenvalue weighted by Gasteiger charge is -2.19. The molecule has 4 aromatic rings. The summed E-state index contributed by atoms with van der Waals surface area (Å²) in [5.41, 5.74) is -5.24. The van der Waals surface area contributed by atoms with E-state index in [1.54, 1.807) is 0 Å². The normalized spacial score (nSPS) is 12.0. The van der Waals surface area contributed by atoms with Crippen molar-refractivity contribution in [2.75, 3.05) is 0 Å². The Morgan fingerprint density at radius 2 is 0.886 bits per heavy atom. The molecule has 0 unspecified atom stereocenters. The molecule has 35 heavy (non-hydrogen) atoms. The van der Waals surface area contributed by atoms with Gasteiger partial charge in [0.2, 0.25) is 0 Å². The maximum Gasteiger partial charge on any atom is 0.198 e. The Balaban J connectivity index is 2.44. The lowest BCUT2D eigenvalue weighted by atomic mass is 9.89. The standard InChI is InChI=1S/C23H8F12/c1-4(2)7-15(27)20(32)12(21(33)16(7)28)11-10-8(17(29)22(34)23(35)19(10)31)5-3-6(24)13(25)18(30)9(5)14(11)26/h3-4H,1-2H3. The number of benzene rings is 4. The minimum atomic E-state index is -2.64. The molecule has 0 nitrogen and oxygen atoms in total. The smallest absolute Gasteiger partial charge is 0.198 e. The van der Waals surface area contributed by atoms with Gasteiger partial charge in [-0.05, 0) is 12.0 Å². The van der Waals surface area contributed by atoms with Crippen LogP contribution in [0.3, 0.4) is 0 Å². The second-order valence-electron chi connectivity index (χ2n) is 7.80. The number of hydrogen-bond donors (Lipinski definition) is 0. The Morgan fingerprint density at radius 3 is 1.37 bits per heavy atom. The van der Waals surface area contributed by atoms with Crippen LogP contribution in [0.5, 0.6) is 0 Å². The van der Waals surface area contributed by atoms with Crippen LogP contribution in [0.2, 0.25) is 0 Å². The second kappa shape index (κ2) is 8.06. The van der Waals surface area contributed by atoms with Crippen molar-refractivity contribution in [1.82, 2.24) is 0 Å². The Kier molecular flexibility index (Phi) is 5.68. The van der Waals surface area contributed by atoms with Crippen LogP contribution in [0.15, 0.2) is 6.07 Å². The average Bonchev–Trinajstić information content (AvgIpc) is 2.79. The molecule has 12 heteroatoms. The van der Waals surface area contributed by atoms with E-state index in [0.717, 1.165) is 13.8 Å². The van der Waals surface area contributed by atoms with E-state index in [0.29, 0.717) is 0 Å². The molecule has 0 radical (unpaired) electrons. The van der Waals surface area contributed by atoms with Crippen LogP contribution in [0.1, 0.15) is 25.3 Å². The van der Waals surface area contributed by atoms with E-state index in [-0.39, 0.29) is 6.07 Å². The number of rotatable bonds is 2. The fourth-order valence-corrected chi connectivity index (χ4v) is 3.97. The maximum absolute atomic E-state index is 15.5. The third-order valence-electron chi connectivity index (χ3n) is 5.51. The molecular weight excluding hydrogens is 504 g/mol. The number of hydrogen-bond acceptors (Lipinski definition) is 0. The lowest BCUT2D eigenvalue weighted by molar-refractivity contribution is 0.417. The van der Waals surface area contributed by atoms with Gasteiger partial charge in [0.25, 0.3) is 0 Å². The molecule has 0 aromatic heterocycles. The molecule has 0 spiro atoms. The molecule has 0 bridgehead atoms. The molecule has 0 atom stereocenters. The van der Waals surface area contributed by atoms with Crippen LogP contribution < -0.4 is 0 Å². The molecular formula is C23H8F12. The molecule has 0 heterocycles. The highest BCUT2D eigenvalue weighted by Crippen LogP contribution is 2.46. The minimum Gasteiger partial charge on any atom is -0.205 e. The van der Waals surface area contributed by atoms with Gasteiger partial charge >= 0.3 is 0 Å². The Morgan fingerprint density at radius 1 is 0.429 bits per heavy atom. The van der Waals surface area contributed by atoms with Crippen molar-refractivity contribution in [3.8, 4) is 11.1 Å². The topological polar surface area (TPSA) is 0 Å². The highest BCUT2D eigenvalue weighted by Gasteiger charge is 2.35. The molecule has 0 amide bonds. The van der Waals surface area contributed by atoms with Crippen LogP contribution in [-0.4, -0.2) is 0 Å². The predicted octanol–water partition coefficient (Wildman–Crippen LogP) is 8.45. The van der Waals surface area contributed by atoms with Gasteiger partial charge in [-0.1, -0.05) is 13.8 Å². The predicted molar refractivity (Wildman–Crippen MR) is 100 cm³/mol. The second-order valence-corrected chi connectivity index (χ2v) is 7.80. The monoisotopic (exact) mass is 512 g/mol. The number of halogens is 12. The van der Waals surface area contributed by atoms with Gasteiger partial charge in [-0.3, -0.25) is 0 Å². The van der Waals surface area contributed by atoms with Crippen molar-refractivity contribution in [1.29, 1.82) is 0 Å². The van der Waals surface area contributed by atoms with Crippen molar-refractivity contribution in [3.05, 3.63) is 81.4 Å². The van der Waals surface area contributed by atoms with E-state index < -0.39 is 114 Å². The van der Waals surface area contributed by atoms with Gasteiger partial charge in [0.05, 0.1) is 10.9 Å². The fourth-order valence-electron chi connectivity index (χ4n) is 3.97. The summed E-state index contributed by atoms with van der Waals surface area (Å²) in [6.45, 7) is 2.23. The summed E-state index contributed by atoms with van der Waals surface area (Å²) in [5.74, 6) is -29.5. The van der Waals surface area contributed by atoms with E-state index in [1.807, 2.05) is 0 Å². The van der Waals surface area contributed by atoms with Crippen LogP contribution in [-0.2, 0) is 0 Å². The Hall–Kier alpha value is -3.44.